The summed E-state index contributed by atoms with van der Waals surface area (Å²) in [5, 5.41) is 8.84. The number of hydrogen-bond donors (Lipinski definition) is 0. The van der Waals surface area contributed by atoms with Crippen LogP contribution in [0.4, 0.5) is 0 Å². The molecule has 2 aromatic rings. The lowest BCUT2D eigenvalue weighted by molar-refractivity contribution is -0.130. The molecule has 4 heteroatoms. The van der Waals surface area contributed by atoms with E-state index in [-0.39, 0.29) is 11.9 Å². The maximum Gasteiger partial charge on any atom is 0.247 e. The van der Waals surface area contributed by atoms with Gasteiger partial charge in [0.05, 0.1) is 17.7 Å². The Bertz CT molecular complexity index is 790. The maximum atomic E-state index is 12.8. The van der Waals surface area contributed by atoms with Crippen molar-refractivity contribution in [2.45, 2.75) is 6.04 Å². The number of benzene rings is 2. The number of amides is 1. The van der Waals surface area contributed by atoms with Crippen LogP contribution in [-0.2, 0) is 4.79 Å². The number of likely N-dealkylation sites (N-methyl/N-ethyl adjacent to an activating group) is 1. The third kappa shape index (κ3) is 4.14. The first-order valence-corrected chi connectivity index (χ1v) is 8.40. The summed E-state index contributed by atoms with van der Waals surface area (Å²) in [5.74, 6) is 0.0197. The molecule has 1 saturated heterocycles. The fraction of sp³-hybridized carbons (Fsp3) is 0.238. The van der Waals surface area contributed by atoms with Gasteiger partial charge in [0.2, 0.25) is 5.91 Å². The van der Waals surface area contributed by atoms with Crippen molar-refractivity contribution in [3.8, 4) is 6.07 Å². The Hall–Kier alpha value is -2.90. The van der Waals surface area contributed by atoms with E-state index in [1.165, 1.54) is 0 Å². The fourth-order valence-electron chi connectivity index (χ4n) is 3.08. The summed E-state index contributed by atoms with van der Waals surface area (Å²) < 4.78 is 0. The minimum atomic E-state index is 0.0197. The molecule has 1 aliphatic heterocycles. The predicted molar refractivity (Wildman–Crippen MR) is 98.6 cm³/mol. The van der Waals surface area contributed by atoms with Gasteiger partial charge in [0.15, 0.2) is 0 Å². The largest absolute Gasteiger partial charge is 0.330 e. The number of nitriles is 1. The van der Waals surface area contributed by atoms with Crippen LogP contribution in [0.3, 0.4) is 0 Å². The van der Waals surface area contributed by atoms with Gasteiger partial charge in [0.25, 0.3) is 0 Å². The van der Waals surface area contributed by atoms with E-state index in [9.17, 15) is 4.79 Å². The zero-order valence-corrected chi connectivity index (χ0v) is 14.3. The highest BCUT2D eigenvalue weighted by atomic mass is 16.2. The van der Waals surface area contributed by atoms with Gasteiger partial charge in [-0.3, -0.25) is 4.79 Å². The second kappa shape index (κ2) is 7.78. The Balaban J connectivity index is 1.76. The highest BCUT2D eigenvalue weighted by Crippen LogP contribution is 2.25. The predicted octanol–water partition coefficient (Wildman–Crippen LogP) is 3.09. The third-order valence-corrected chi connectivity index (χ3v) is 4.51. The highest BCUT2D eigenvalue weighted by molar-refractivity contribution is 5.92. The average Bonchev–Trinajstić information content (AvgIpc) is 2.67. The fourth-order valence-corrected chi connectivity index (χ4v) is 3.08. The highest BCUT2D eigenvalue weighted by Gasteiger charge is 2.28. The van der Waals surface area contributed by atoms with Crippen LogP contribution in [0.25, 0.3) is 6.08 Å². The van der Waals surface area contributed by atoms with Crippen LogP contribution >= 0.6 is 0 Å². The average molecular weight is 331 g/mol. The number of piperazine rings is 1. The van der Waals surface area contributed by atoms with Crippen LogP contribution in [0, 0.1) is 11.3 Å². The summed E-state index contributed by atoms with van der Waals surface area (Å²) in [7, 11) is 2.09. The van der Waals surface area contributed by atoms with Crippen LogP contribution in [0.5, 0.6) is 0 Å². The van der Waals surface area contributed by atoms with Crippen molar-refractivity contribution < 1.29 is 4.79 Å². The lowest BCUT2D eigenvalue weighted by atomic mass is 10.0. The van der Waals surface area contributed by atoms with Gasteiger partial charge in [0.1, 0.15) is 0 Å². The van der Waals surface area contributed by atoms with Crippen molar-refractivity contribution in [3.63, 3.8) is 0 Å². The van der Waals surface area contributed by atoms with Crippen molar-refractivity contribution >= 4 is 12.0 Å². The van der Waals surface area contributed by atoms with Crippen molar-refractivity contribution in [2.24, 2.45) is 0 Å². The Kier molecular flexibility index (Phi) is 5.27. The maximum absolute atomic E-state index is 12.8. The molecule has 0 bridgehead atoms. The van der Waals surface area contributed by atoms with Gasteiger partial charge >= 0.3 is 0 Å². The number of carbonyl (C=O) groups is 1. The molecule has 0 N–H and O–H groups in total. The zero-order valence-electron chi connectivity index (χ0n) is 14.3. The quantitative estimate of drug-likeness (QED) is 0.812. The van der Waals surface area contributed by atoms with E-state index in [1.54, 1.807) is 18.2 Å². The second-order valence-corrected chi connectivity index (χ2v) is 6.29. The molecule has 1 aliphatic rings. The van der Waals surface area contributed by atoms with Crippen molar-refractivity contribution in [2.75, 3.05) is 26.7 Å². The van der Waals surface area contributed by atoms with E-state index in [1.807, 2.05) is 41.3 Å². The summed E-state index contributed by atoms with van der Waals surface area (Å²) in [6.07, 6.45) is 3.44. The molecule has 2 aromatic carbocycles. The summed E-state index contributed by atoms with van der Waals surface area (Å²) in [6, 6.07) is 19.5. The molecule has 25 heavy (non-hydrogen) atoms. The van der Waals surface area contributed by atoms with Gasteiger partial charge < -0.3 is 9.80 Å². The molecule has 0 unspecified atom stereocenters. The normalized spacial score (nSPS) is 18.2. The number of rotatable bonds is 3. The van der Waals surface area contributed by atoms with Crippen LogP contribution in [0.1, 0.15) is 22.7 Å². The van der Waals surface area contributed by atoms with Gasteiger partial charge in [0, 0.05) is 25.7 Å². The van der Waals surface area contributed by atoms with Gasteiger partial charge in [-0.1, -0.05) is 42.5 Å². The number of hydrogen-bond acceptors (Lipinski definition) is 3. The molecular formula is C21H21N3O. The second-order valence-electron chi connectivity index (χ2n) is 6.29. The van der Waals surface area contributed by atoms with E-state index in [0.717, 1.165) is 24.2 Å². The van der Waals surface area contributed by atoms with Gasteiger partial charge in [-0.05, 0) is 36.4 Å². The lowest BCUT2D eigenvalue weighted by Crippen LogP contribution is -2.48. The molecular weight excluding hydrogens is 310 g/mol. The Labute approximate surface area is 148 Å². The number of carbonyl (C=O) groups excluding carboxylic acids is 1. The first kappa shape index (κ1) is 16.9. The van der Waals surface area contributed by atoms with Gasteiger partial charge in [-0.15, -0.1) is 0 Å². The van der Waals surface area contributed by atoms with Crippen LogP contribution in [-0.4, -0.2) is 42.4 Å². The minimum absolute atomic E-state index is 0.0197. The van der Waals surface area contributed by atoms with E-state index < -0.39 is 0 Å². The molecule has 1 fully saturated rings. The monoisotopic (exact) mass is 331 g/mol. The third-order valence-electron chi connectivity index (χ3n) is 4.51. The van der Waals surface area contributed by atoms with Gasteiger partial charge in [-0.2, -0.15) is 5.26 Å². The Morgan fingerprint density at radius 1 is 1.12 bits per heavy atom. The molecule has 0 aliphatic carbocycles. The molecule has 0 aromatic heterocycles. The molecule has 1 amide bonds. The number of nitrogens with zero attached hydrogens (tertiary/aromatic N) is 3. The molecule has 126 valence electrons. The van der Waals surface area contributed by atoms with E-state index in [0.29, 0.717) is 12.1 Å². The van der Waals surface area contributed by atoms with Crippen molar-refractivity contribution in [1.29, 1.82) is 5.26 Å². The van der Waals surface area contributed by atoms with E-state index >= 15 is 0 Å². The van der Waals surface area contributed by atoms with E-state index in [4.69, 9.17) is 5.26 Å². The van der Waals surface area contributed by atoms with E-state index in [2.05, 4.69) is 30.1 Å². The van der Waals surface area contributed by atoms with Crippen molar-refractivity contribution in [3.05, 3.63) is 77.4 Å². The lowest BCUT2D eigenvalue weighted by Gasteiger charge is -2.39. The summed E-state index contributed by atoms with van der Waals surface area (Å²) >= 11 is 0. The Morgan fingerprint density at radius 3 is 2.52 bits per heavy atom. The summed E-state index contributed by atoms with van der Waals surface area (Å²) in [4.78, 5) is 16.9. The topological polar surface area (TPSA) is 47.3 Å². The minimum Gasteiger partial charge on any atom is -0.330 e. The Morgan fingerprint density at radius 2 is 1.84 bits per heavy atom. The zero-order chi connectivity index (χ0) is 17.6. The van der Waals surface area contributed by atoms with Crippen molar-refractivity contribution in [1.82, 2.24) is 9.80 Å². The smallest absolute Gasteiger partial charge is 0.247 e. The molecule has 0 spiro atoms. The summed E-state index contributed by atoms with van der Waals surface area (Å²) in [6.45, 7) is 2.42. The van der Waals surface area contributed by atoms with Crippen LogP contribution in [0.2, 0.25) is 0 Å². The standard InChI is InChI=1S/C21H21N3O/c1-23-13-14-24(20(16-23)19-5-3-2-4-6-19)21(25)12-11-17-7-9-18(15-22)10-8-17/h2-12,20H,13-14,16H2,1H3/b12-11+/t20-/m1/s1. The molecule has 3 rings (SSSR count). The molecule has 4 nitrogen and oxygen atoms in total. The molecule has 1 atom stereocenters. The van der Waals surface area contributed by atoms with Crippen LogP contribution < -0.4 is 0 Å². The first-order chi connectivity index (χ1) is 12.2. The molecule has 0 saturated carbocycles. The molecule has 0 radical (unpaired) electrons. The summed E-state index contributed by atoms with van der Waals surface area (Å²) in [5.41, 5.74) is 2.69. The van der Waals surface area contributed by atoms with Crippen LogP contribution in [0.15, 0.2) is 60.7 Å². The van der Waals surface area contributed by atoms with Gasteiger partial charge in [-0.25, -0.2) is 0 Å². The SMILES string of the molecule is CN1CCN(C(=O)/C=C/c2ccc(C#N)cc2)[C@@H](c2ccccc2)C1. The molecule has 1 heterocycles. The first-order valence-electron chi connectivity index (χ1n) is 8.40.